The summed E-state index contributed by atoms with van der Waals surface area (Å²) in [6.07, 6.45) is -0.928. The number of rotatable bonds is 8. The van der Waals surface area contributed by atoms with Gasteiger partial charge in [0, 0.05) is 29.1 Å². The highest BCUT2D eigenvalue weighted by molar-refractivity contribution is 6.33. The summed E-state index contributed by atoms with van der Waals surface area (Å²) in [6.45, 7) is -0.252. The van der Waals surface area contributed by atoms with E-state index in [1.165, 1.54) is 0 Å². The molecule has 0 bridgehead atoms. The Hall–Kier alpha value is -3.67. The molecular weight excluding hydrogens is 430 g/mol. The number of nitro groups is 2. The number of non-ortho nitro benzene ring substituents is 1. The summed E-state index contributed by atoms with van der Waals surface area (Å²) in [4.78, 5) is 20.7. The van der Waals surface area contributed by atoms with E-state index < -0.39 is 27.3 Å². The van der Waals surface area contributed by atoms with E-state index in [-0.39, 0.29) is 23.9 Å². The van der Waals surface area contributed by atoms with Crippen molar-refractivity contribution in [1.29, 1.82) is 0 Å². The Morgan fingerprint density at radius 2 is 1.74 bits per heavy atom. The Balaban J connectivity index is 2.03. The first-order chi connectivity index (χ1) is 14.8. The summed E-state index contributed by atoms with van der Waals surface area (Å²) in [5.74, 6) is 0. The molecule has 0 aliphatic carbocycles. The fourth-order valence-corrected chi connectivity index (χ4v) is 3.08. The lowest BCUT2D eigenvalue weighted by Crippen LogP contribution is -2.22. The molecule has 0 heterocycles. The number of aliphatic hydroxyl groups is 2. The first-order valence-electron chi connectivity index (χ1n) is 8.90. The Kier molecular flexibility index (Phi) is 6.70. The number of nitro benzene ring substituents is 2. The maximum absolute atomic E-state index is 11.3. The van der Waals surface area contributed by atoms with Crippen LogP contribution in [-0.4, -0.2) is 39.3 Å². The van der Waals surface area contributed by atoms with E-state index >= 15 is 0 Å². The summed E-state index contributed by atoms with van der Waals surface area (Å²) in [6, 6.07) is 12.2. The highest BCUT2D eigenvalue weighted by Crippen LogP contribution is 2.40. The highest BCUT2D eigenvalue weighted by Gasteiger charge is 2.23. The van der Waals surface area contributed by atoms with Crippen LogP contribution in [0.1, 0.15) is 0 Å². The SMILES string of the molecule is O=[N+]([O-])c1cc(Cl)c(N=Nc2ccc(NC[C@H](O)CO)c3ccccc23)c([N+](=O)[O-])c1. The van der Waals surface area contributed by atoms with E-state index in [1.807, 2.05) is 6.07 Å². The Morgan fingerprint density at radius 1 is 1.03 bits per heavy atom. The van der Waals surface area contributed by atoms with Gasteiger partial charge >= 0.3 is 5.69 Å². The zero-order valence-corrected chi connectivity index (χ0v) is 16.6. The van der Waals surface area contributed by atoms with Crippen molar-refractivity contribution in [2.45, 2.75) is 6.10 Å². The van der Waals surface area contributed by atoms with Crippen molar-refractivity contribution in [3.8, 4) is 0 Å². The van der Waals surface area contributed by atoms with Gasteiger partial charge in [0.1, 0.15) is 0 Å². The topological polar surface area (TPSA) is 163 Å². The van der Waals surface area contributed by atoms with E-state index in [1.54, 1.807) is 30.3 Å². The molecule has 11 nitrogen and oxygen atoms in total. The molecule has 12 heteroatoms. The number of fused-ring (bicyclic) bond motifs is 1. The van der Waals surface area contributed by atoms with Crippen LogP contribution in [-0.2, 0) is 0 Å². The minimum Gasteiger partial charge on any atom is -0.394 e. The zero-order valence-electron chi connectivity index (χ0n) is 15.8. The molecule has 0 saturated heterocycles. The standard InChI is InChI=1S/C19H16ClN5O6/c20-15-7-11(24(28)29)8-18(25(30)31)19(15)23-22-17-6-5-16(21-9-12(27)10-26)13-3-1-2-4-14(13)17/h1-8,12,21,26-27H,9-10H2/t12-/m0/s1. The molecular formula is C19H16ClN5O6. The monoisotopic (exact) mass is 445 g/mol. The van der Waals surface area contributed by atoms with Crippen LogP contribution in [0.3, 0.4) is 0 Å². The lowest BCUT2D eigenvalue weighted by Gasteiger charge is -2.13. The number of nitrogens with zero attached hydrogens (tertiary/aromatic N) is 4. The van der Waals surface area contributed by atoms with Gasteiger partial charge in [0.15, 0.2) is 5.69 Å². The Bertz CT molecular complexity index is 1190. The fourth-order valence-electron chi connectivity index (χ4n) is 2.83. The van der Waals surface area contributed by atoms with Gasteiger partial charge in [-0.1, -0.05) is 35.9 Å². The largest absolute Gasteiger partial charge is 0.394 e. The van der Waals surface area contributed by atoms with Crippen molar-refractivity contribution >= 4 is 50.8 Å². The molecule has 3 aromatic rings. The van der Waals surface area contributed by atoms with Gasteiger partial charge in [0.2, 0.25) is 0 Å². The molecule has 31 heavy (non-hydrogen) atoms. The van der Waals surface area contributed by atoms with Crippen molar-refractivity contribution in [2.24, 2.45) is 10.2 Å². The molecule has 0 unspecified atom stereocenters. The van der Waals surface area contributed by atoms with Gasteiger partial charge in [-0.15, -0.1) is 10.2 Å². The molecule has 0 spiro atoms. The predicted octanol–water partition coefficient (Wildman–Crippen LogP) is 4.49. The number of hydrogen-bond donors (Lipinski definition) is 3. The fraction of sp³-hybridized carbons (Fsp3) is 0.158. The molecule has 3 aromatic carbocycles. The number of nitrogens with one attached hydrogen (secondary N) is 1. The van der Waals surface area contributed by atoms with Crippen molar-refractivity contribution < 1.29 is 20.1 Å². The van der Waals surface area contributed by atoms with Crippen molar-refractivity contribution in [3.63, 3.8) is 0 Å². The summed E-state index contributed by atoms with van der Waals surface area (Å²) in [7, 11) is 0. The van der Waals surface area contributed by atoms with Gasteiger partial charge in [0.25, 0.3) is 5.69 Å². The van der Waals surface area contributed by atoms with Crippen LogP contribution in [0.5, 0.6) is 0 Å². The van der Waals surface area contributed by atoms with Crippen molar-refractivity contribution in [2.75, 3.05) is 18.5 Å². The number of halogens is 1. The Morgan fingerprint density at radius 3 is 2.39 bits per heavy atom. The van der Waals surface area contributed by atoms with Crippen LogP contribution < -0.4 is 5.32 Å². The smallest absolute Gasteiger partial charge is 0.305 e. The van der Waals surface area contributed by atoms with Gasteiger partial charge in [-0.3, -0.25) is 20.2 Å². The van der Waals surface area contributed by atoms with Crippen LogP contribution >= 0.6 is 11.6 Å². The van der Waals surface area contributed by atoms with Gasteiger partial charge in [-0.25, -0.2) is 0 Å². The molecule has 3 N–H and O–H groups in total. The first kappa shape index (κ1) is 22.0. The molecule has 1 atom stereocenters. The van der Waals surface area contributed by atoms with Crippen LogP contribution in [0.25, 0.3) is 10.8 Å². The van der Waals surface area contributed by atoms with E-state index in [0.717, 1.165) is 17.5 Å². The third-order valence-electron chi connectivity index (χ3n) is 4.33. The molecule has 0 saturated carbocycles. The molecule has 3 rings (SSSR count). The quantitative estimate of drug-likeness (QED) is 0.261. The minimum absolute atomic E-state index is 0.131. The second-order valence-electron chi connectivity index (χ2n) is 6.40. The molecule has 0 amide bonds. The molecule has 0 fully saturated rings. The van der Waals surface area contributed by atoms with Crippen LogP contribution in [0.2, 0.25) is 5.02 Å². The first-order valence-corrected chi connectivity index (χ1v) is 9.28. The minimum atomic E-state index is -0.928. The Labute approximate surface area is 179 Å². The van der Waals surface area contributed by atoms with Crippen molar-refractivity contribution in [3.05, 3.63) is 73.8 Å². The average Bonchev–Trinajstić information content (AvgIpc) is 2.76. The summed E-state index contributed by atoms with van der Waals surface area (Å²) >= 11 is 6.00. The summed E-state index contributed by atoms with van der Waals surface area (Å²) in [5, 5.41) is 53.0. The van der Waals surface area contributed by atoms with E-state index in [2.05, 4.69) is 15.5 Å². The average molecular weight is 446 g/mol. The highest BCUT2D eigenvalue weighted by atomic mass is 35.5. The third kappa shape index (κ3) is 4.91. The van der Waals surface area contributed by atoms with Crippen LogP contribution in [0, 0.1) is 20.2 Å². The maximum Gasteiger partial charge on any atom is 0.305 e. The van der Waals surface area contributed by atoms with Gasteiger partial charge in [-0.2, -0.15) is 0 Å². The van der Waals surface area contributed by atoms with E-state index in [4.69, 9.17) is 16.7 Å². The number of aliphatic hydroxyl groups excluding tert-OH is 2. The van der Waals surface area contributed by atoms with E-state index in [0.29, 0.717) is 16.8 Å². The third-order valence-corrected chi connectivity index (χ3v) is 4.62. The molecule has 0 radical (unpaired) electrons. The zero-order chi connectivity index (χ0) is 22.5. The van der Waals surface area contributed by atoms with Crippen LogP contribution in [0.15, 0.2) is 58.8 Å². The molecule has 0 aromatic heterocycles. The lowest BCUT2D eigenvalue weighted by molar-refractivity contribution is -0.393. The number of anilines is 1. The van der Waals surface area contributed by atoms with Gasteiger partial charge < -0.3 is 15.5 Å². The van der Waals surface area contributed by atoms with Crippen LogP contribution in [0.4, 0.5) is 28.4 Å². The second-order valence-corrected chi connectivity index (χ2v) is 6.81. The molecule has 0 aliphatic heterocycles. The van der Waals surface area contributed by atoms with Crippen molar-refractivity contribution in [1.82, 2.24) is 0 Å². The predicted molar refractivity (Wildman–Crippen MR) is 114 cm³/mol. The number of hydrogen-bond acceptors (Lipinski definition) is 9. The van der Waals surface area contributed by atoms with Gasteiger partial charge in [0.05, 0.1) is 39.3 Å². The normalized spacial score (nSPS) is 12.2. The second kappa shape index (κ2) is 9.43. The number of azo groups is 1. The van der Waals surface area contributed by atoms with Gasteiger partial charge in [-0.05, 0) is 12.1 Å². The molecule has 160 valence electrons. The summed E-state index contributed by atoms with van der Waals surface area (Å²) in [5.41, 5.74) is -0.395. The summed E-state index contributed by atoms with van der Waals surface area (Å²) < 4.78 is 0. The molecule has 0 aliphatic rings. The maximum atomic E-state index is 11.3. The lowest BCUT2D eigenvalue weighted by atomic mass is 10.1. The van der Waals surface area contributed by atoms with E-state index in [9.17, 15) is 25.3 Å². The number of benzene rings is 3.